The number of benzene rings is 1. The number of ether oxygens (including phenoxy) is 2. The van der Waals surface area contributed by atoms with E-state index in [2.05, 4.69) is 4.98 Å². The number of imide groups is 1. The number of rotatable bonds is 6. The molecule has 2 aromatic rings. The van der Waals surface area contributed by atoms with Crippen molar-refractivity contribution in [3.63, 3.8) is 0 Å². The van der Waals surface area contributed by atoms with E-state index in [4.69, 9.17) is 9.47 Å². The summed E-state index contributed by atoms with van der Waals surface area (Å²) in [5, 5.41) is 0. The zero-order valence-electron chi connectivity index (χ0n) is 18.7. The second kappa shape index (κ2) is 8.94. The van der Waals surface area contributed by atoms with Crippen LogP contribution < -0.4 is 4.74 Å². The molecule has 1 aromatic heterocycles. The van der Waals surface area contributed by atoms with Gasteiger partial charge in [-0.15, -0.1) is 0 Å². The standard InChI is InChI=1S/C23H26FN3O5/c1-14(12-26(5)22(30)32-23(2,3)4)31-19-15(10-16(24)11-25-19)13-27-20(28)17-8-6-7-9-18(17)21(27)29/h6-11,14H,12-13H2,1-5H3. The van der Waals surface area contributed by atoms with E-state index in [9.17, 15) is 18.8 Å². The minimum absolute atomic E-state index is 0.0769. The van der Waals surface area contributed by atoms with Crippen molar-refractivity contribution in [2.24, 2.45) is 0 Å². The molecular formula is C23H26FN3O5. The van der Waals surface area contributed by atoms with Crippen LogP contribution in [0.3, 0.4) is 0 Å². The molecule has 3 rings (SSSR count). The number of fused-ring (bicyclic) bond motifs is 1. The average molecular weight is 443 g/mol. The van der Waals surface area contributed by atoms with Gasteiger partial charge in [-0.25, -0.2) is 14.2 Å². The summed E-state index contributed by atoms with van der Waals surface area (Å²) in [6.07, 6.45) is -0.0384. The third-order valence-corrected chi connectivity index (χ3v) is 4.65. The maximum atomic E-state index is 13.9. The highest BCUT2D eigenvalue weighted by atomic mass is 19.1. The molecule has 3 amide bonds. The SMILES string of the molecule is CC(CN(C)C(=O)OC(C)(C)C)Oc1ncc(F)cc1CN1C(=O)c2ccccc2C1=O. The van der Waals surface area contributed by atoms with Crippen molar-refractivity contribution >= 4 is 17.9 Å². The molecular weight excluding hydrogens is 417 g/mol. The second-order valence-electron chi connectivity index (χ2n) is 8.65. The third kappa shape index (κ3) is 5.22. The highest BCUT2D eigenvalue weighted by Gasteiger charge is 2.36. The Morgan fingerprint density at radius 2 is 1.78 bits per heavy atom. The highest BCUT2D eigenvalue weighted by molar-refractivity contribution is 6.21. The van der Waals surface area contributed by atoms with Gasteiger partial charge in [0.1, 0.15) is 17.5 Å². The predicted octanol–water partition coefficient (Wildman–Crippen LogP) is 3.65. The zero-order chi connectivity index (χ0) is 23.6. The smallest absolute Gasteiger partial charge is 0.410 e. The summed E-state index contributed by atoms with van der Waals surface area (Å²) >= 11 is 0. The number of hydrogen-bond donors (Lipinski definition) is 0. The maximum absolute atomic E-state index is 13.9. The molecule has 1 aliphatic heterocycles. The number of amides is 3. The van der Waals surface area contributed by atoms with Gasteiger partial charge in [0.2, 0.25) is 5.88 Å². The van der Waals surface area contributed by atoms with E-state index < -0.39 is 35.4 Å². The molecule has 0 N–H and O–H groups in total. The molecule has 0 radical (unpaired) electrons. The first-order valence-corrected chi connectivity index (χ1v) is 10.2. The van der Waals surface area contributed by atoms with Crippen molar-refractivity contribution < 1.29 is 28.2 Å². The van der Waals surface area contributed by atoms with Gasteiger partial charge >= 0.3 is 6.09 Å². The summed E-state index contributed by atoms with van der Waals surface area (Å²) in [5.41, 5.74) is 0.215. The lowest BCUT2D eigenvalue weighted by molar-refractivity contribution is 0.0233. The van der Waals surface area contributed by atoms with Crippen LogP contribution >= 0.6 is 0 Å². The second-order valence-corrected chi connectivity index (χ2v) is 8.65. The van der Waals surface area contributed by atoms with Crippen molar-refractivity contribution in [1.82, 2.24) is 14.8 Å². The van der Waals surface area contributed by atoms with Crippen molar-refractivity contribution in [2.75, 3.05) is 13.6 Å². The number of carbonyl (C=O) groups is 3. The number of hydrogen-bond acceptors (Lipinski definition) is 6. The van der Waals surface area contributed by atoms with E-state index >= 15 is 0 Å². The summed E-state index contributed by atoms with van der Waals surface area (Å²) < 4.78 is 25.1. The number of carbonyl (C=O) groups excluding carboxylic acids is 3. The Balaban J connectivity index is 1.73. The molecule has 1 aromatic carbocycles. The number of likely N-dealkylation sites (N-methyl/N-ethyl adjacent to an activating group) is 1. The van der Waals surface area contributed by atoms with Crippen LogP contribution in [-0.2, 0) is 11.3 Å². The number of pyridine rings is 1. The third-order valence-electron chi connectivity index (χ3n) is 4.65. The van der Waals surface area contributed by atoms with Gasteiger partial charge in [-0.2, -0.15) is 0 Å². The fourth-order valence-electron chi connectivity index (χ4n) is 3.27. The fourth-order valence-corrected chi connectivity index (χ4v) is 3.27. The molecule has 2 heterocycles. The largest absolute Gasteiger partial charge is 0.473 e. The van der Waals surface area contributed by atoms with Gasteiger partial charge < -0.3 is 14.4 Å². The number of aromatic nitrogens is 1. The lowest BCUT2D eigenvalue weighted by Crippen LogP contribution is -2.39. The van der Waals surface area contributed by atoms with Crippen molar-refractivity contribution in [3.8, 4) is 5.88 Å². The van der Waals surface area contributed by atoms with Crippen LogP contribution in [0, 0.1) is 5.82 Å². The van der Waals surface area contributed by atoms with E-state index in [1.54, 1.807) is 59.0 Å². The van der Waals surface area contributed by atoms with Crippen molar-refractivity contribution in [2.45, 2.75) is 45.9 Å². The first-order valence-electron chi connectivity index (χ1n) is 10.2. The maximum Gasteiger partial charge on any atom is 0.410 e. The van der Waals surface area contributed by atoms with Crippen LogP contribution in [0.15, 0.2) is 36.5 Å². The van der Waals surface area contributed by atoms with Gasteiger partial charge in [-0.1, -0.05) is 12.1 Å². The van der Waals surface area contributed by atoms with Gasteiger partial charge in [0.05, 0.1) is 30.4 Å². The molecule has 0 saturated heterocycles. The Morgan fingerprint density at radius 1 is 1.19 bits per heavy atom. The zero-order valence-corrected chi connectivity index (χ0v) is 18.7. The monoisotopic (exact) mass is 443 g/mol. The molecule has 0 bridgehead atoms. The van der Waals surface area contributed by atoms with Crippen molar-refractivity contribution in [1.29, 1.82) is 0 Å². The molecule has 8 nitrogen and oxygen atoms in total. The van der Waals surface area contributed by atoms with Crippen LogP contribution in [-0.4, -0.2) is 58.0 Å². The summed E-state index contributed by atoms with van der Waals surface area (Å²) in [7, 11) is 1.58. The Labute approximate surface area is 185 Å². The molecule has 1 atom stereocenters. The quantitative estimate of drug-likeness (QED) is 0.633. The minimum atomic E-state index is -0.631. The van der Waals surface area contributed by atoms with Gasteiger partial charge in [-0.05, 0) is 45.9 Å². The van der Waals surface area contributed by atoms with Crippen LogP contribution in [0.4, 0.5) is 9.18 Å². The van der Waals surface area contributed by atoms with Crippen LogP contribution in [0.2, 0.25) is 0 Å². The molecule has 0 fully saturated rings. The molecule has 0 spiro atoms. The molecule has 1 aliphatic rings. The first kappa shape index (κ1) is 23.2. The van der Waals surface area contributed by atoms with E-state index in [1.165, 1.54) is 11.0 Å². The van der Waals surface area contributed by atoms with E-state index in [0.717, 1.165) is 11.1 Å². The first-order chi connectivity index (χ1) is 15.0. The molecule has 0 aliphatic carbocycles. The molecule has 170 valence electrons. The van der Waals surface area contributed by atoms with Gasteiger partial charge in [-0.3, -0.25) is 14.5 Å². The topological polar surface area (TPSA) is 89.0 Å². The summed E-state index contributed by atoms with van der Waals surface area (Å²) in [4.78, 5) is 43.9. The fraction of sp³-hybridized carbons (Fsp3) is 0.391. The Bertz CT molecular complexity index is 1020. The summed E-state index contributed by atoms with van der Waals surface area (Å²) in [6, 6.07) is 7.68. The molecule has 9 heteroatoms. The van der Waals surface area contributed by atoms with Crippen LogP contribution in [0.1, 0.15) is 54.0 Å². The highest BCUT2D eigenvalue weighted by Crippen LogP contribution is 2.27. The Hall–Kier alpha value is -3.49. The summed E-state index contributed by atoms with van der Waals surface area (Å²) in [5.74, 6) is -1.47. The molecule has 32 heavy (non-hydrogen) atoms. The van der Waals surface area contributed by atoms with Gasteiger partial charge in [0.15, 0.2) is 0 Å². The Morgan fingerprint density at radius 3 is 2.34 bits per heavy atom. The van der Waals surface area contributed by atoms with Gasteiger partial charge in [0, 0.05) is 12.6 Å². The van der Waals surface area contributed by atoms with E-state index in [-0.39, 0.29) is 24.5 Å². The normalized spacial score (nSPS) is 14.2. The summed E-state index contributed by atoms with van der Waals surface area (Å²) in [6.45, 7) is 7.02. The predicted molar refractivity (Wildman–Crippen MR) is 114 cm³/mol. The minimum Gasteiger partial charge on any atom is -0.473 e. The molecule has 1 unspecified atom stereocenters. The number of halogens is 1. The average Bonchev–Trinajstić information content (AvgIpc) is 2.94. The van der Waals surface area contributed by atoms with E-state index in [1.807, 2.05) is 0 Å². The van der Waals surface area contributed by atoms with E-state index in [0.29, 0.717) is 11.1 Å². The molecule has 0 saturated carbocycles. The van der Waals surface area contributed by atoms with Gasteiger partial charge in [0.25, 0.3) is 11.8 Å². The lowest BCUT2D eigenvalue weighted by atomic mass is 10.1. The number of nitrogens with zero attached hydrogens (tertiary/aromatic N) is 3. The Kier molecular flexibility index (Phi) is 6.47. The van der Waals surface area contributed by atoms with Crippen molar-refractivity contribution in [3.05, 3.63) is 59.0 Å². The lowest BCUT2D eigenvalue weighted by Gasteiger charge is -2.27. The van der Waals surface area contributed by atoms with Crippen LogP contribution in [0.25, 0.3) is 0 Å². The van der Waals surface area contributed by atoms with Crippen LogP contribution in [0.5, 0.6) is 5.88 Å².